The highest BCUT2D eigenvalue weighted by Crippen LogP contribution is 2.25. The molecule has 5 nitrogen and oxygen atoms in total. The van der Waals surface area contributed by atoms with Gasteiger partial charge in [-0.05, 0) is 35.4 Å². The van der Waals surface area contributed by atoms with Crippen LogP contribution >= 0.6 is 0 Å². The molecule has 0 saturated carbocycles. The fourth-order valence-corrected chi connectivity index (χ4v) is 2.87. The molecule has 0 heterocycles. The monoisotopic (exact) mass is 408 g/mol. The molecule has 0 atom stereocenters. The number of hydrogen-bond donors (Lipinski definition) is 0. The summed E-state index contributed by atoms with van der Waals surface area (Å²) in [5.74, 6) is 0.949. The fourth-order valence-electron chi connectivity index (χ4n) is 2.87. The lowest BCUT2D eigenvalue weighted by Crippen LogP contribution is -2.06. The van der Waals surface area contributed by atoms with Gasteiger partial charge in [-0.3, -0.25) is 4.79 Å². The van der Waals surface area contributed by atoms with Gasteiger partial charge in [-0.1, -0.05) is 49.1 Å². The first-order valence-electron chi connectivity index (χ1n) is 9.61. The third-order valence-electron chi connectivity index (χ3n) is 4.49. The number of carbonyl (C=O) groups excluding carboxylic acids is 1. The zero-order chi connectivity index (χ0) is 22.1. The van der Waals surface area contributed by atoms with Crippen molar-refractivity contribution in [2.75, 3.05) is 6.61 Å². The van der Waals surface area contributed by atoms with Crippen molar-refractivity contribution in [3.8, 4) is 17.6 Å². The van der Waals surface area contributed by atoms with Crippen molar-refractivity contribution >= 4 is 11.5 Å². The van der Waals surface area contributed by atoms with Crippen molar-refractivity contribution in [1.82, 2.24) is 0 Å². The zero-order valence-electron chi connectivity index (χ0n) is 16.9. The number of nitriles is 1. The van der Waals surface area contributed by atoms with E-state index in [1.54, 1.807) is 60.7 Å². The van der Waals surface area contributed by atoms with Crippen molar-refractivity contribution in [3.63, 3.8) is 0 Å². The highest BCUT2D eigenvalue weighted by Gasteiger charge is 2.12. The number of rotatable bonds is 9. The number of benzene rings is 3. The molecule has 152 valence electrons. The summed E-state index contributed by atoms with van der Waals surface area (Å²) in [5, 5.41) is 8.91. The smallest absolute Gasteiger partial charge is 0.187 e. The number of hydrogen-bond acceptors (Lipinski definition) is 4. The Kier molecular flexibility index (Phi) is 7.19. The Bertz CT molecular complexity index is 1150. The maximum absolute atomic E-state index is 12.9. The van der Waals surface area contributed by atoms with Crippen LogP contribution < -0.4 is 9.47 Å². The summed E-state index contributed by atoms with van der Waals surface area (Å²) >= 11 is 0. The van der Waals surface area contributed by atoms with Gasteiger partial charge in [0.1, 0.15) is 24.7 Å². The zero-order valence-corrected chi connectivity index (χ0v) is 16.9. The number of ether oxygens (including phenoxy) is 2. The van der Waals surface area contributed by atoms with E-state index in [-0.39, 0.29) is 12.2 Å². The highest BCUT2D eigenvalue weighted by molar-refractivity contribution is 5.98. The molecule has 3 rings (SSSR count). The molecule has 5 heteroatoms. The molecule has 0 aromatic heterocycles. The number of carbonyl (C=O) groups is 1. The molecule has 3 aromatic carbocycles. The molecule has 0 radical (unpaired) electrons. The Morgan fingerprint density at radius 2 is 1.65 bits per heavy atom. The van der Waals surface area contributed by atoms with E-state index in [1.807, 2.05) is 12.1 Å². The second-order valence-corrected chi connectivity index (χ2v) is 6.77. The van der Waals surface area contributed by atoms with Crippen LogP contribution in [-0.4, -0.2) is 12.4 Å². The van der Waals surface area contributed by atoms with Crippen molar-refractivity contribution in [1.29, 1.82) is 5.26 Å². The summed E-state index contributed by atoms with van der Waals surface area (Å²) in [4.78, 5) is 16.2. The fraction of sp³-hybridized carbons (Fsp3) is 0.115. The predicted octanol–water partition coefficient (Wildman–Crippen LogP) is 5.68. The van der Waals surface area contributed by atoms with E-state index in [9.17, 15) is 4.79 Å². The molecule has 0 aliphatic heterocycles. The van der Waals surface area contributed by atoms with Crippen LogP contribution in [0.25, 0.3) is 4.85 Å². The highest BCUT2D eigenvalue weighted by atomic mass is 16.5. The second kappa shape index (κ2) is 10.4. The van der Waals surface area contributed by atoms with Crippen LogP contribution in [0.1, 0.15) is 27.0 Å². The lowest BCUT2D eigenvalue weighted by molar-refractivity contribution is 0.0992. The van der Waals surface area contributed by atoms with Gasteiger partial charge in [0, 0.05) is 18.1 Å². The predicted molar refractivity (Wildman–Crippen MR) is 118 cm³/mol. The third-order valence-corrected chi connectivity index (χ3v) is 4.49. The standard InChI is InChI=1S/C26H20N2O3/c1-3-12-30-24-14-22(26(29)13-19-8-10-23(28-2)11-9-19)15-25(16-24)31-18-21-6-4-20(17-27)5-7-21/h3-11,14-16H,1,12-13,18H2. The van der Waals surface area contributed by atoms with Crippen LogP contribution in [0.5, 0.6) is 11.5 Å². The average molecular weight is 408 g/mol. The molecule has 0 amide bonds. The normalized spacial score (nSPS) is 9.87. The van der Waals surface area contributed by atoms with Gasteiger partial charge in [-0.2, -0.15) is 5.26 Å². The van der Waals surface area contributed by atoms with Crippen molar-refractivity contribution in [2.24, 2.45) is 0 Å². The first kappa shape index (κ1) is 21.4. The van der Waals surface area contributed by atoms with Crippen LogP contribution in [0.15, 0.2) is 79.4 Å². The average Bonchev–Trinajstić information content (AvgIpc) is 2.82. The van der Waals surface area contributed by atoms with Crippen molar-refractivity contribution in [3.05, 3.63) is 113 Å². The Balaban J connectivity index is 1.77. The van der Waals surface area contributed by atoms with E-state index < -0.39 is 0 Å². The topological polar surface area (TPSA) is 63.7 Å². The van der Waals surface area contributed by atoms with Gasteiger partial charge in [0.05, 0.1) is 18.2 Å². The lowest BCUT2D eigenvalue weighted by Gasteiger charge is -2.12. The lowest BCUT2D eigenvalue weighted by atomic mass is 10.0. The van der Waals surface area contributed by atoms with Gasteiger partial charge in [0.25, 0.3) is 0 Å². The molecule has 0 spiro atoms. The van der Waals surface area contributed by atoms with Gasteiger partial charge in [-0.25, -0.2) is 4.85 Å². The van der Waals surface area contributed by atoms with Crippen LogP contribution in [-0.2, 0) is 13.0 Å². The molecule has 3 aromatic rings. The third kappa shape index (κ3) is 6.06. The maximum Gasteiger partial charge on any atom is 0.187 e. The van der Waals surface area contributed by atoms with Gasteiger partial charge >= 0.3 is 0 Å². The van der Waals surface area contributed by atoms with E-state index in [4.69, 9.17) is 21.3 Å². The molecule has 0 aliphatic rings. The van der Waals surface area contributed by atoms with E-state index in [0.717, 1.165) is 11.1 Å². The Morgan fingerprint density at radius 1 is 1.00 bits per heavy atom. The second-order valence-electron chi connectivity index (χ2n) is 6.77. The van der Waals surface area contributed by atoms with Gasteiger partial charge in [-0.15, -0.1) is 0 Å². The first-order chi connectivity index (χ1) is 15.1. The molecule has 0 unspecified atom stereocenters. The summed E-state index contributed by atoms with van der Waals surface area (Å²) < 4.78 is 11.5. The first-order valence-corrected chi connectivity index (χ1v) is 9.61. The number of Topliss-reactive ketones (excluding diaryl/α,β-unsaturated/α-hetero) is 1. The minimum atomic E-state index is -0.0807. The Labute approximate surface area is 181 Å². The van der Waals surface area contributed by atoms with E-state index in [1.165, 1.54) is 0 Å². The summed E-state index contributed by atoms with van der Waals surface area (Å²) in [7, 11) is 0. The van der Waals surface area contributed by atoms with Gasteiger partial charge in [0.2, 0.25) is 0 Å². The van der Waals surface area contributed by atoms with Gasteiger partial charge < -0.3 is 9.47 Å². The van der Waals surface area contributed by atoms with Crippen LogP contribution in [0.4, 0.5) is 5.69 Å². The number of ketones is 1. The molecular weight excluding hydrogens is 388 g/mol. The summed E-state index contributed by atoms with van der Waals surface area (Å²) in [6, 6.07) is 21.3. The summed E-state index contributed by atoms with van der Waals surface area (Å²) in [5.41, 5.74) is 3.33. The molecule has 31 heavy (non-hydrogen) atoms. The number of nitrogens with zero attached hydrogens (tertiary/aromatic N) is 2. The van der Waals surface area contributed by atoms with Crippen molar-refractivity contribution < 1.29 is 14.3 Å². The molecule has 0 N–H and O–H groups in total. The largest absolute Gasteiger partial charge is 0.489 e. The Morgan fingerprint density at radius 3 is 2.26 bits per heavy atom. The van der Waals surface area contributed by atoms with Crippen LogP contribution in [0.3, 0.4) is 0 Å². The minimum absolute atomic E-state index is 0.0807. The molecule has 0 aliphatic carbocycles. The van der Waals surface area contributed by atoms with E-state index in [2.05, 4.69) is 17.5 Å². The summed E-state index contributed by atoms with van der Waals surface area (Å²) in [6.45, 7) is 11.3. The minimum Gasteiger partial charge on any atom is -0.489 e. The van der Waals surface area contributed by atoms with E-state index >= 15 is 0 Å². The quantitative estimate of drug-likeness (QED) is 0.260. The Hall–Kier alpha value is -4.35. The summed E-state index contributed by atoms with van der Waals surface area (Å²) in [6.07, 6.45) is 1.84. The molecular formula is C26H20N2O3. The molecule has 0 fully saturated rings. The SMILES string of the molecule is [C-]#[N+]c1ccc(CC(=O)c2cc(OCC=C)cc(OCc3ccc(C#N)cc3)c2)cc1. The van der Waals surface area contributed by atoms with Crippen molar-refractivity contribution in [2.45, 2.75) is 13.0 Å². The van der Waals surface area contributed by atoms with Crippen LogP contribution in [0, 0.1) is 17.9 Å². The van der Waals surface area contributed by atoms with E-state index in [0.29, 0.717) is 41.5 Å². The van der Waals surface area contributed by atoms with Crippen LogP contribution in [0.2, 0.25) is 0 Å². The molecule has 0 bridgehead atoms. The molecule has 0 saturated heterocycles. The maximum atomic E-state index is 12.9. The van der Waals surface area contributed by atoms with Gasteiger partial charge in [0.15, 0.2) is 11.5 Å².